The summed E-state index contributed by atoms with van der Waals surface area (Å²) in [5.74, 6) is -1.69. The van der Waals surface area contributed by atoms with Gasteiger partial charge in [0.05, 0.1) is 6.04 Å². The van der Waals surface area contributed by atoms with Gasteiger partial charge >= 0.3 is 11.9 Å². The van der Waals surface area contributed by atoms with E-state index in [4.69, 9.17) is 0 Å². The van der Waals surface area contributed by atoms with E-state index in [1.54, 1.807) is 0 Å². The summed E-state index contributed by atoms with van der Waals surface area (Å²) >= 11 is 0. The van der Waals surface area contributed by atoms with Crippen molar-refractivity contribution >= 4 is 36.2 Å². The van der Waals surface area contributed by atoms with Gasteiger partial charge < -0.3 is 30.5 Å². The highest BCUT2D eigenvalue weighted by Crippen LogP contribution is 2.34. The molecule has 1 atom stereocenters. The molecule has 0 spiro atoms. The SMILES string of the molecule is C=Cc1c2[nH]c(c1C)/C=c1\[nH]/c(c(C)c1CC)=C\c1[nH]c(c(CCC(=O)O)c1C)/C=C1\NC(C2)C(C)=C1CCC(=O)O. The molecule has 8 heteroatoms. The van der Waals surface area contributed by atoms with E-state index in [0.717, 1.165) is 79.0 Å². The van der Waals surface area contributed by atoms with Crippen molar-refractivity contribution in [3.8, 4) is 0 Å². The topological polar surface area (TPSA) is 134 Å². The maximum atomic E-state index is 11.6. The maximum absolute atomic E-state index is 11.6. The number of H-pyrrole nitrogens is 3. The molecule has 0 amide bonds. The number of carboxylic acids is 2. The van der Waals surface area contributed by atoms with Gasteiger partial charge in [-0.2, -0.15) is 0 Å². The lowest BCUT2D eigenvalue weighted by atomic mass is 9.97. The first-order valence-electron chi connectivity index (χ1n) is 14.6. The van der Waals surface area contributed by atoms with Crippen LogP contribution in [0.15, 0.2) is 23.4 Å². The molecule has 8 bridgehead atoms. The molecule has 6 N–H and O–H groups in total. The van der Waals surface area contributed by atoms with Gasteiger partial charge in [-0.15, -0.1) is 0 Å². The average Bonchev–Trinajstić information content (AvgIpc) is 3.59. The third kappa shape index (κ3) is 5.29. The molecule has 2 aliphatic rings. The fraction of sp³-hybridized carbons (Fsp3) is 0.353. The number of carbonyl (C=O) groups is 2. The third-order valence-electron chi connectivity index (χ3n) is 8.98. The number of fused-ring (bicyclic) bond motifs is 8. The number of aromatic nitrogens is 3. The number of hydrogen-bond donors (Lipinski definition) is 6. The van der Waals surface area contributed by atoms with Gasteiger partial charge in [-0.3, -0.25) is 9.59 Å². The zero-order chi connectivity index (χ0) is 30.3. The number of nitrogens with one attached hydrogen (secondary N) is 4. The first-order valence-corrected chi connectivity index (χ1v) is 14.6. The lowest BCUT2D eigenvalue weighted by molar-refractivity contribution is -0.138. The molecular formula is C34H40N4O4. The fourth-order valence-corrected chi connectivity index (χ4v) is 6.52. The normalized spacial score (nSPS) is 18.9. The van der Waals surface area contributed by atoms with Gasteiger partial charge in [-0.05, 0) is 110 Å². The third-order valence-corrected chi connectivity index (χ3v) is 8.98. The Kier molecular flexibility index (Phi) is 7.91. The molecule has 2 aliphatic heterocycles. The van der Waals surface area contributed by atoms with E-state index in [1.807, 2.05) is 19.1 Å². The second-order valence-corrected chi connectivity index (χ2v) is 11.4. The summed E-state index contributed by atoms with van der Waals surface area (Å²) in [6, 6.07) is -0.0346. The molecule has 0 saturated heterocycles. The molecule has 0 aliphatic carbocycles. The summed E-state index contributed by atoms with van der Waals surface area (Å²) in [5.41, 5.74) is 13.4. The van der Waals surface area contributed by atoms with Crippen molar-refractivity contribution in [3.63, 3.8) is 0 Å². The van der Waals surface area contributed by atoms with Crippen LogP contribution < -0.4 is 16.0 Å². The van der Waals surface area contributed by atoms with Gasteiger partial charge in [0.15, 0.2) is 0 Å². The molecular weight excluding hydrogens is 528 g/mol. The Morgan fingerprint density at radius 1 is 0.857 bits per heavy atom. The quantitative estimate of drug-likeness (QED) is 0.238. The summed E-state index contributed by atoms with van der Waals surface area (Å²) < 4.78 is 0. The largest absolute Gasteiger partial charge is 0.481 e. The first kappa shape index (κ1) is 29.0. The van der Waals surface area contributed by atoms with Gasteiger partial charge in [-0.25, -0.2) is 0 Å². The molecule has 3 aromatic rings. The second kappa shape index (κ2) is 11.4. The van der Waals surface area contributed by atoms with Gasteiger partial charge in [-0.1, -0.05) is 19.6 Å². The van der Waals surface area contributed by atoms with Gasteiger partial charge in [0, 0.05) is 58.4 Å². The van der Waals surface area contributed by atoms with Crippen LogP contribution >= 0.6 is 0 Å². The van der Waals surface area contributed by atoms with Gasteiger partial charge in [0.25, 0.3) is 0 Å². The second-order valence-electron chi connectivity index (χ2n) is 11.4. The van der Waals surface area contributed by atoms with Crippen molar-refractivity contribution in [1.29, 1.82) is 0 Å². The van der Waals surface area contributed by atoms with E-state index in [2.05, 4.69) is 66.7 Å². The minimum absolute atomic E-state index is 0.0182. The molecule has 220 valence electrons. The highest BCUT2D eigenvalue weighted by atomic mass is 16.4. The van der Waals surface area contributed by atoms with Crippen LogP contribution in [0.2, 0.25) is 0 Å². The van der Waals surface area contributed by atoms with Crippen LogP contribution in [0.3, 0.4) is 0 Å². The summed E-state index contributed by atoms with van der Waals surface area (Å²) in [5, 5.41) is 24.7. The minimum Gasteiger partial charge on any atom is -0.481 e. The molecule has 0 fully saturated rings. The minimum atomic E-state index is -0.846. The van der Waals surface area contributed by atoms with Crippen molar-refractivity contribution in [2.45, 2.75) is 79.2 Å². The smallest absolute Gasteiger partial charge is 0.303 e. The lowest BCUT2D eigenvalue weighted by Gasteiger charge is -2.14. The van der Waals surface area contributed by atoms with Crippen molar-refractivity contribution < 1.29 is 19.8 Å². The number of hydrogen-bond acceptors (Lipinski definition) is 3. The number of aromatic amines is 3. The zero-order valence-corrected chi connectivity index (χ0v) is 25.0. The fourth-order valence-electron chi connectivity index (χ4n) is 6.52. The van der Waals surface area contributed by atoms with E-state index in [0.29, 0.717) is 19.3 Å². The highest BCUT2D eigenvalue weighted by molar-refractivity contribution is 5.72. The Balaban J connectivity index is 1.80. The predicted molar refractivity (Wildman–Crippen MR) is 167 cm³/mol. The summed E-state index contributed by atoms with van der Waals surface area (Å²) in [4.78, 5) is 34.0. The predicted octanol–water partition coefficient (Wildman–Crippen LogP) is 4.53. The summed E-state index contributed by atoms with van der Waals surface area (Å²) in [6.07, 6.45) is 10.6. The average molecular weight is 569 g/mol. The van der Waals surface area contributed by atoms with Crippen molar-refractivity contribution in [1.82, 2.24) is 20.3 Å². The Labute approximate surface area is 245 Å². The number of aliphatic carboxylic acids is 2. The molecule has 3 aromatic heterocycles. The van der Waals surface area contributed by atoms with Crippen molar-refractivity contribution in [2.75, 3.05) is 0 Å². The highest BCUT2D eigenvalue weighted by Gasteiger charge is 2.29. The number of rotatable bonds is 8. The van der Waals surface area contributed by atoms with Crippen LogP contribution in [0, 0.1) is 20.8 Å². The van der Waals surface area contributed by atoms with E-state index in [-0.39, 0.29) is 18.9 Å². The molecule has 0 radical (unpaired) electrons. The van der Waals surface area contributed by atoms with Crippen LogP contribution in [0.5, 0.6) is 0 Å². The molecule has 1 unspecified atom stereocenters. The Morgan fingerprint density at radius 2 is 1.52 bits per heavy atom. The Bertz CT molecular complexity index is 1790. The summed E-state index contributed by atoms with van der Waals surface area (Å²) in [6.45, 7) is 14.6. The molecule has 8 nitrogen and oxygen atoms in total. The Morgan fingerprint density at radius 3 is 2.19 bits per heavy atom. The van der Waals surface area contributed by atoms with E-state index < -0.39 is 11.9 Å². The molecule has 5 rings (SSSR count). The van der Waals surface area contributed by atoms with Crippen LogP contribution in [-0.4, -0.2) is 43.1 Å². The molecule has 0 saturated carbocycles. The van der Waals surface area contributed by atoms with Crippen LogP contribution in [0.1, 0.15) is 89.3 Å². The van der Waals surface area contributed by atoms with Gasteiger partial charge in [0.2, 0.25) is 0 Å². The van der Waals surface area contributed by atoms with Crippen LogP contribution in [-0.2, 0) is 28.9 Å². The Hall–Kier alpha value is -4.46. The monoisotopic (exact) mass is 568 g/mol. The first-order chi connectivity index (χ1) is 20.0. The summed E-state index contributed by atoms with van der Waals surface area (Å²) in [7, 11) is 0. The van der Waals surface area contributed by atoms with Crippen LogP contribution in [0.4, 0.5) is 0 Å². The number of carboxylic acid groups (broad SMARTS) is 2. The standard InChI is InChI=1S/C34H40N4O4/c1-7-21-17(3)25-13-26-19(5)23(9-11-33(39)40)31(37-26)16-32-24(10-12-34(41)42)20(6)28(38-32)15-30-22(8-2)18(4)27(36-30)14-29(21)35-25/h8,13-14,16,28,35-38H,2,7,9-12,15H2,1,3-6H3,(H,39,40)(H,41,42)/b25-13-,29-14-,32-16-. The molecule has 0 aromatic carbocycles. The van der Waals surface area contributed by atoms with E-state index >= 15 is 0 Å². The van der Waals surface area contributed by atoms with Crippen LogP contribution in [0.25, 0.3) is 24.3 Å². The van der Waals surface area contributed by atoms with Crippen molar-refractivity contribution in [2.24, 2.45) is 0 Å². The van der Waals surface area contributed by atoms with Gasteiger partial charge in [0.1, 0.15) is 0 Å². The number of allylic oxidation sites excluding steroid dienone is 1. The maximum Gasteiger partial charge on any atom is 0.303 e. The zero-order valence-electron chi connectivity index (χ0n) is 25.0. The van der Waals surface area contributed by atoms with E-state index in [9.17, 15) is 19.8 Å². The van der Waals surface area contributed by atoms with E-state index in [1.165, 1.54) is 11.1 Å². The van der Waals surface area contributed by atoms with Crippen molar-refractivity contribution in [3.05, 3.63) is 90.3 Å². The lowest BCUT2D eigenvalue weighted by Crippen LogP contribution is -2.26. The molecule has 42 heavy (non-hydrogen) atoms. The molecule has 5 heterocycles.